The third-order valence-corrected chi connectivity index (χ3v) is 6.29. The summed E-state index contributed by atoms with van der Waals surface area (Å²) in [5, 5.41) is 2.88. The Morgan fingerprint density at radius 1 is 0.967 bits per heavy atom. The van der Waals surface area contributed by atoms with Crippen molar-refractivity contribution in [2.45, 2.75) is 50.6 Å². The van der Waals surface area contributed by atoms with E-state index < -0.39 is 10.0 Å². The van der Waals surface area contributed by atoms with E-state index >= 15 is 0 Å². The third kappa shape index (κ3) is 7.23. The minimum atomic E-state index is -3.64. The van der Waals surface area contributed by atoms with Gasteiger partial charge >= 0.3 is 0 Å². The molecule has 0 fully saturated rings. The smallest absolute Gasteiger partial charge is 0.240 e. The average Bonchev–Trinajstić information content (AvgIpc) is 2.66. The van der Waals surface area contributed by atoms with Crippen molar-refractivity contribution in [3.63, 3.8) is 0 Å². The molecule has 7 heteroatoms. The van der Waals surface area contributed by atoms with E-state index in [9.17, 15) is 13.2 Å². The highest BCUT2D eigenvalue weighted by molar-refractivity contribution is 7.89. The summed E-state index contributed by atoms with van der Waals surface area (Å²) in [5.41, 5.74) is 3.29. The number of benzene rings is 2. The maximum Gasteiger partial charge on any atom is 0.240 e. The van der Waals surface area contributed by atoms with Crippen molar-refractivity contribution >= 4 is 15.9 Å². The fraction of sp³-hybridized carbons (Fsp3) is 0.435. The minimum absolute atomic E-state index is 0.0414. The highest BCUT2D eigenvalue weighted by Crippen LogP contribution is 2.23. The number of carbonyl (C=O) groups is 1. The first-order valence-electron chi connectivity index (χ1n) is 10.2. The topological polar surface area (TPSA) is 79.7 Å². The number of hydrogen-bond acceptors (Lipinski definition) is 3. The van der Waals surface area contributed by atoms with E-state index in [0.29, 0.717) is 6.54 Å². The zero-order valence-electron chi connectivity index (χ0n) is 18.6. The Kier molecular flexibility index (Phi) is 8.18. The van der Waals surface area contributed by atoms with Crippen LogP contribution in [-0.4, -0.2) is 35.0 Å². The number of sulfonamides is 1. The molecule has 2 aromatic carbocycles. The summed E-state index contributed by atoms with van der Waals surface area (Å²) in [5.74, 6) is -0.187. The zero-order chi connectivity index (χ0) is 22.4. The van der Waals surface area contributed by atoms with Gasteiger partial charge < -0.3 is 10.2 Å². The number of nitrogens with one attached hydrogen (secondary N) is 3. The van der Waals surface area contributed by atoms with Crippen LogP contribution in [0.3, 0.4) is 0 Å². The summed E-state index contributed by atoms with van der Waals surface area (Å²) in [7, 11) is 0.525. The quantitative estimate of drug-likeness (QED) is 0.563. The standard InChI is InChI=1S/C23H33N3O3S/c1-23(2,3)20-10-12-21(13-11-20)30(28,29)25-15-14-22(27)24-16-18-8-6-7-9-19(18)17-26(4)5/h6-13,25H,14-17H2,1-5H3,(H,24,27)/p+1. The second-order valence-corrected chi connectivity index (χ2v) is 10.6. The van der Waals surface area contributed by atoms with E-state index in [1.54, 1.807) is 12.1 Å². The van der Waals surface area contributed by atoms with Gasteiger partial charge in [-0.25, -0.2) is 13.1 Å². The van der Waals surface area contributed by atoms with Crippen molar-refractivity contribution in [1.29, 1.82) is 0 Å². The van der Waals surface area contributed by atoms with E-state index in [2.05, 4.69) is 51.0 Å². The van der Waals surface area contributed by atoms with Gasteiger partial charge in [-0.1, -0.05) is 57.2 Å². The first kappa shape index (κ1) is 24.1. The molecular weight excluding hydrogens is 398 g/mol. The molecule has 2 aromatic rings. The summed E-state index contributed by atoms with van der Waals surface area (Å²) >= 11 is 0. The molecule has 0 aromatic heterocycles. The number of carbonyl (C=O) groups excluding carboxylic acids is 1. The molecule has 0 heterocycles. The Bertz CT molecular complexity index is 946. The van der Waals surface area contributed by atoms with Gasteiger partial charge in [0.1, 0.15) is 6.54 Å². The van der Waals surface area contributed by atoms with Crippen LogP contribution in [0.25, 0.3) is 0 Å². The van der Waals surface area contributed by atoms with Gasteiger partial charge in [-0.3, -0.25) is 4.79 Å². The molecule has 30 heavy (non-hydrogen) atoms. The average molecular weight is 433 g/mol. The number of rotatable bonds is 9. The fourth-order valence-electron chi connectivity index (χ4n) is 3.08. The number of hydrogen-bond donors (Lipinski definition) is 3. The predicted octanol–water partition coefficient (Wildman–Crippen LogP) is 1.61. The molecule has 0 spiro atoms. The van der Waals surface area contributed by atoms with Gasteiger partial charge in [-0.15, -0.1) is 0 Å². The molecule has 0 radical (unpaired) electrons. The van der Waals surface area contributed by atoms with Crippen LogP contribution in [0.2, 0.25) is 0 Å². The van der Waals surface area contributed by atoms with Crippen LogP contribution in [0, 0.1) is 0 Å². The van der Waals surface area contributed by atoms with Gasteiger partial charge in [0.2, 0.25) is 15.9 Å². The van der Waals surface area contributed by atoms with Gasteiger partial charge in [-0.2, -0.15) is 0 Å². The molecule has 2 rings (SSSR count). The van der Waals surface area contributed by atoms with Crippen LogP contribution in [0.15, 0.2) is 53.4 Å². The summed E-state index contributed by atoms with van der Waals surface area (Å²) in [6.07, 6.45) is 0.0837. The second kappa shape index (κ2) is 10.2. The van der Waals surface area contributed by atoms with Gasteiger partial charge in [0.05, 0.1) is 19.0 Å². The van der Waals surface area contributed by atoms with Crippen LogP contribution in [0.1, 0.15) is 43.9 Å². The Morgan fingerprint density at radius 3 is 2.13 bits per heavy atom. The molecule has 0 atom stereocenters. The summed E-state index contributed by atoms with van der Waals surface area (Å²) in [4.78, 5) is 13.7. The molecule has 164 valence electrons. The number of quaternary nitrogens is 1. The lowest BCUT2D eigenvalue weighted by Gasteiger charge is -2.19. The van der Waals surface area contributed by atoms with Crippen LogP contribution in [0.5, 0.6) is 0 Å². The van der Waals surface area contributed by atoms with Gasteiger partial charge in [0.25, 0.3) is 0 Å². The highest BCUT2D eigenvalue weighted by Gasteiger charge is 2.17. The molecule has 0 aliphatic carbocycles. The third-order valence-electron chi connectivity index (χ3n) is 4.81. The van der Waals surface area contributed by atoms with Crippen molar-refractivity contribution in [3.8, 4) is 0 Å². The van der Waals surface area contributed by atoms with Gasteiger partial charge in [-0.05, 0) is 28.7 Å². The molecule has 3 N–H and O–H groups in total. The molecule has 0 saturated heterocycles. The van der Waals surface area contributed by atoms with Crippen molar-refractivity contribution in [2.75, 3.05) is 20.6 Å². The summed E-state index contributed by atoms with van der Waals surface area (Å²) in [6.45, 7) is 7.59. The summed E-state index contributed by atoms with van der Waals surface area (Å²) < 4.78 is 27.4. The lowest BCUT2D eigenvalue weighted by molar-refractivity contribution is -0.872. The molecule has 1 amide bonds. The monoisotopic (exact) mass is 432 g/mol. The SMILES string of the molecule is C[NH+](C)Cc1ccccc1CNC(=O)CCNS(=O)(=O)c1ccc(C(C)(C)C)cc1. The Hall–Kier alpha value is -2.22. The maximum absolute atomic E-state index is 12.5. The Morgan fingerprint density at radius 2 is 1.57 bits per heavy atom. The van der Waals surface area contributed by atoms with E-state index in [1.165, 1.54) is 10.5 Å². The fourth-order valence-corrected chi connectivity index (χ4v) is 4.11. The Labute approximate surface area is 180 Å². The molecule has 0 aliphatic rings. The summed E-state index contributed by atoms with van der Waals surface area (Å²) in [6, 6.07) is 14.9. The van der Waals surface area contributed by atoms with Crippen molar-refractivity contribution in [1.82, 2.24) is 10.0 Å². The van der Waals surface area contributed by atoms with Gasteiger partial charge in [0.15, 0.2) is 0 Å². The van der Waals surface area contributed by atoms with E-state index in [-0.39, 0.29) is 29.2 Å². The Balaban J connectivity index is 1.85. The largest absolute Gasteiger partial charge is 0.352 e. The van der Waals surface area contributed by atoms with Crippen molar-refractivity contribution < 1.29 is 18.1 Å². The zero-order valence-corrected chi connectivity index (χ0v) is 19.4. The molecule has 0 bridgehead atoms. The van der Waals surface area contributed by atoms with Crippen LogP contribution < -0.4 is 14.9 Å². The minimum Gasteiger partial charge on any atom is -0.352 e. The molecule has 0 unspecified atom stereocenters. The van der Waals surface area contributed by atoms with Crippen LogP contribution in [-0.2, 0) is 33.3 Å². The predicted molar refractivity (Wildman–Crippen MR) is 120 cm³/mol. The lowest BCUT2D eigenvalue weighted by Crippen LogP contribution is -3.04. The number of amides is 1. The lowest BCUT2D eigenvalue weighted by atomic mass is 9.87. The molecular formula is C23H34N3O3S+. The second-order valence-electron chi connectivity index (χ2n) is 8.85. The molecule has 0 saturated carbocycles. The van der Waals surface area contributed by atoms with E-state index in [1.807, 2.05) is 30.3 Å². The first-order valence-corrected chi connectivity index (χ1v) is 11.7. The van der Waals surface area contributed by atoms with E-state index in [4.69, 9.17) is 0 Å². The van der Waals surface area contributed by atoms with E-state index in [0.717, 1.165) is 17.7 Å². The molecule has 0 aliphatic heterocycles. The molecule has 6 nitrogen and oxygen atoms in total. The van der Waals surface area contributed by atoms with Gasteiger partial charge in [0, 0.05) is 25.1 Å². The van der Waals surface area contributed by atoms with Crippen LogP contribution in [0.4, 0.5) is 0 Å². The normalized spacial score (nSPS) is 12.2. The van der Waals surface area contributed by atoms with Crippen molar-refractivity contribution in [3.05, 3.63) is 65.2 Å². The van der Waals surface area contributed by atoms with Crippen LogP contribution >= 0.6 is 0 Å². The van der Waals surface area contributed by atoms with Crippen molar-refractivity contribution in [2.24, 2.45) is 0 Å². The maximum atomic E-state index is 12.5. The highest BCUT2D eigenvalue weighted by atomic mass is 32.2. The first-order chi connectivity index (χ1) is 14.0.